The van der Waals surface area contributed by atoms with Crippen LogP contribution in [0.15, 0.2) is 0 Å². The molecular formula is C11H19NO. The lowest BCUT2D eigenvalue weighted by Crippen LogP contribution is -2.60. The fourth-order valence-electron chi connectivity index (χ4n) is 2.14. The zero-order valence-electron chi connectivity index (χ0n) is 9.27. The molecule has 0 aliphatic carbocycles. The van der Waals surface area contributed by atoms with E-state index in [0.717, 1.165) is 13.2 Å². The molecule has 2 nitrogen and oxygen atoms in total. The van der Waals surface area contributed by atoms with Crippen molar-refractivity contribution in [2.24, 2.45) is 16.2 Å². The van der Waals surface area contributed by atoms with Gasteiger partial charge in [0.05, 0.1) is 24.7 Å². The van der Waals surface area contributed by atoms with Crippen molar-refractivity contribution >= 4 is 0 Å². The van der Waals surface area contributed by atoms with Crippen LogP contribution in [0.4, 0.5) is 0 Å². The Bertz CT molecular complexity index is 238. The Hall–Kier alpha value is -0.550. The van der Waals surface area contributed by atoms with E-state index < -0.39 is 0 Å². The molecule has 0 N–H and O–H groups in total. The lowest BCUT2D eigenvalue weighted by atomic mass is 9.53. The van der Waals surface area contributed by atoms with E-state index in [9.17, 15) is 0 Å². The van der Waals surface area contributed by atoms with E-state index in [0.29, 0.717) is 0 Å². The molecule has 2 heteroatoms. The molecule has 1 fully saturated rings. The summed E-state index contributed by atoms with van der Waals surface area (Å²) < 4.78 is 5.30. The second kappa shape index (κ2) is 2.72. The summed E-state index contributed by atoms with van der Waals surface area (Å²) in [6, 6.07) is 2.41. The minimum absolute atomic E-state index is 0.0226. The summed E-state index contributed by atoms with van der Waals surface area (Å²) in [4.78, 5) is 0. The normalized spacial score (nSPS) is 21.8. The molecule has 1 saturated heterocycles. The second-order valence-corrected chi connectivity index (χ2v) is 5.56. The van der Waals surface area contributed by atoms with Gasteiger partial charge in [-0.25, -0.2) is 0 Å². The number of ether oxygens (including phenoxy) is 1. The smallest absolute Gasteiger partial charge is 0.0691 e. The Morgan fingerprint density at radius 3 is 1.69 bits per heavy atom. The molecule has 13 heavy (non-hydrogen) atoms. The van der Waals surface area contributed by atoms with E-state index in [2.05, 4.69) is 26.8 Å². The molecule has 0 unspecified atom stereocenters. The molecule has 1 aliphatic heterocycles. The Morgan fingerprint density at radius 1 is 1.15 bits per heavy atom. The van der Waals surface area contributed by atoms with Crippen LogP contribution in [0.1, 0.15) is 34.6 Å². The highest BCUT2D eigenvalue weighted by molar-refractivity contribution is 5.12. The second-order valence-electron chi connectivity index (χ2n) is 5.56. The summed E-state index contributed by atoms with van der Waals surface area (Å²) in [7, 11) is 0. The van der Waals surface area contributed by atoms with Crippen LogP contribution < -0.4 is 0 Å². The van der Waals surface area contributed by atoms with Crippen LogP contribution in [0.3, 0.4) is 0 Å². The fraction of sp³-hybridized carbons (Fsp3) is 0.909. The Balaban J connectivity index is 3.03. The highest BCUT2D eigenvalue weighted by Gasteiger charge is 2.58. The standard InChI is InChI=1S/C11H19NO/c1-9(2,3)11(7-13-8-11)10(4,5)6-12/h7-8H2,1-5H3. The van der Waals surface area contributed by atoms with Crippen LogP contribution in [-0.2, 0) is 4.74 Å². The molecule has 0 atom stereocenters. The lowest BCUT2D eigenvalue weighted by molar-refractivity contribution is -0.214. The first kappa shape index (κ1) is 10.5. The Kier molecular flexibility index (Phi) is 2.20. The molecule has 0 amide bonds. The van der Waals surface area contributed by atoms with E-state index in [1.54, 1.807) is 0 Å². The lowest BCUT2D eigenvalue weighted by Gasteiger charge is -2.57. The third-order valence-corrected chi connectivity index (χ3v) is 3.61. The van der Waals surface area contributed by atoms with Gasteiger partial charge in [-0.1, -0.05) is 20.8 Å². The van der Waals surface area contributed by atoms with Crippen LogP contribution in [0.5, 0.6) is 0 Å². The average Bonchev–Trinajstić information content (AvgIpc) is 1.80. The summed E-state index contributed by atoms with van der Waals surface area (Å²) >= 11 is 0. The predicted octanol–water partition coefficient (Wildman–Crippen LogP) is 2.60. The van der Waals surface area contributed by atoms with Crippen molar-refractivity contribution in [1.82, 2.24) is 0 Å². The van der Waals surface area contributed by atoms with Crippen LogP contribution in [0, 0.1) is 27.6 Å². The van der Waals surface area contributed by atoms with Gasteiger partial charge < -0.3 is 4.74 Å². The Morgan fingerprint density at radius 2 is 1.62 bits per heavy atom. The van der Waals surface area contributed by atoms with Crippen LogP contribution in [0.25, 0.3) is 0 Å². The molecule has 1 heterocycles. The summed E-state index contributed by atoms with van der Waals surface area (Å²) in [6.45, 7) is 12.0. The molecule has 0 saturated carbocycles. The number of hydrogen-bond donors (Lipinski definition) is 0. The van der Waals surface area contributed by atoms with Gasteiger partial charge in [-0.15, -0.1) is 0 Å². The number of rotatable bonds is 1. The predicted molar refractivity (Wildman–Crippen MR) is 52.1 cm³/mol. The fourth-order valence-corrected chi connectivity index (χ4v) is 2.14. The molecule has 1 rings (SSSR count). The van der Waals surface area contributed by atoms with Gasteiger partial charge in [0.2, 0.25) is 0 Å². The molecule has 0 bridgehead atoms. The van der Waals surface area contributed by atoms with Crippen LogP contribution in [-0.4, -0.2) is 13.2 Å². The summed E-state index contributed by atoms with van der Waals surface area (Å²) in [5.74, 6) is 0. The van der Waals surface area contributed by atoms with E-state index in [1.165, 1.54) is 0 Å². The van der Waals surface area contributed by atoms with Crippen molar-refractivity contribution < 1.29 is 4.74 Å². The first-order chi connectivity index (χ1) is 5.77. The van der Waals surface area contributed by atoms with Gasteiger partial charge in [0.25, 0.3) is 0 Å². The molecule has 0 aromatic rings. The topological polar surface area (TPSA) is 33.0 Å². The quantitative estimate of drug-likeness (QED) is 0.623. The Labute approximate surface area is 80.9 Å². The minimum Gasteiger partial charge on any atom is -0.380 e. The maximum atomic E-state index is 9.15. The first-order valence-electron chi connectivity index (χ1n) is 4.76. The van der Waals surface area contributed by atoms with Crippen LogP contribution in [0.2, 0.25) is 0 Å². The largest absolute Gasteiger partial charge is 0.380 e. The molecule has 74 valence electrons. The highest BCUT2D eigenvalue weighted by Crippen LogP contribution is 2.55. The molecule has 0 aromatic carbocycles. The van der Waals surface area contributed by atoms with E-state index >= 15 is 0 Å². The molecule has 0 aromatic heterocycles. The summed E-state index contributed by atoms with van der Waals surface area (Å²) in [6.07, 6.45) is 0. The van der Waals surface area contributed by atoms with Gasteiger partial charge >= 0.3 is 0 Å². The van der Waals surface area contributed by atoms with Gasteiger partial charge in [0.15, 0.2) is 0 Å². The van der Waals surface area contributed by atoms with Crippen molar-refractivity contribution in [1.29, 1.82) is 5.26 Å². The number of nitrogens with zero attached hydrogens (tertiary/aromatic N) is 1. The van der Waals surface area contributed by atoms with E-state index in [-0.39, 0.29) is 16.2 Å². The maximum absolute atomic E-state index is 9.15. The zero-order chi connectivity index (χ0) is 10.3. The van der Waals surface area contributed by atoms with E-state index in [4.69, 9.17) is 10.00 Å². The van der Waals surface area contributed by atoms with Crippen molar-refractivity contribution in [3.63, 3.8) is 0 Å². The number of nitriles is 1. The molecule has 1 aliphatic rings. The van der Waals surface area contributed by atoms with Gasteiger partial charge in [0, 0.05) is 5.41 Å². The van der Waals surface area contributed by atoms with Gasteiger partial charge in [-0.05, 0) is 19.3 Å². The maximum Gasteiger partial charge on any atom is 0.0691 e. The van der Waals surface area contributed by atoms with E-state index in [1.807, 2.05) is 13.8 Å². The van der Waals surface area contributed by atoms with Gasteiger partial charge in [-0.2, -0.15) is 5.26 Å². The van der Waals surface area contributed by atoms with Crippen LogP contribution >= 0.6 is 0 Å². The molecule has 0 radical (unpaired) electrons. The molecular weight excluding hydrogens is 162 g/mol. The summed E-state index contributed by atoms with van der Waals surface area (Å²) in [5.41, 5.74) is -0.150. The zero-order valence-corrected chi connectivity index (χ0v) is 9.27. The van der Waals surface area contributed by atoms with Crippen molar-refractivity contribution in [3.8, 4) is 6.07 Å². The number of hydrogen-bond acceptors (Lipinski definition) is 2. The average molecular weight is 181 g/mol. The highest BCUT2D eigenvalue weighted by atomic mass is 16.5. The molecule has 0 spiro atoms. The van der Waals surface area contributed by atoms with Gasteiger partial charge in [0.1, 0.15) is 0 Å². The van der Waals surface area contributed by atoms with Crippen molar-refractivity contribution in [2.75, 3.05) is 13.2 Å². The first-order valence-corrected chi connectivity index (χ1v) is 4.76. The summed E-state index contributed by atoms with van der Waals surface area (Å²) in [5, 5.41) is 9.15. The minimum atomic E-state index is -0.302. The monoisotopic (exact) mass is 181 g/mol. The van der Waals surface area contributed by atoms with Gasteiger partial charge in [-0.3, -0.25) is 0 Å². The SMILES string of the molecule is CC(C)(C)C1(C(C)(C)C#N)COC1. The third-order valence-electron chi connectivity index (χ3n) is 3.61. The van der Waals surface area contributed by atoms with Crippen molar-refractivity contribution in [3.05, 3.63) is 0 Å². The van der Waals surface area contributed by atoms with Crippen molar-refractivity contribution in [2.45, 2.75) is 34.6 Å². The third kappa shape index (κ3) is 1.26.